The molecule has 2 N–H and O–H groups in total. The summed E-state index contributed by atoms with van der Waals surface area (Å²) in [4.78, 5) is 4.25. The van der Waals surface area contributed by atoms with Gasteiger partial charge >= 0.3 is 0 Å². The van der Waals surface area contributed by atoms with Crippen LogP contribution in [0.25, 0.3) is 0 Å². The van der Waals surface area contributed by atoms with Crippen molar-refractivity contribution in [2.75, 3.05) is 47.1 Å². The first-order chi connectivity index (χ1) is 12.3. The van der Waals surface area contributed by atoms with Crippen LogP contribution in [0.5, 0.6) is 0 Å². The second-order valence-corrected chi connectivity index (χ2v) is 6.26. The number of benzene rings is 1. The van der Waals surface area contributed by atoms with E-state index in [9.17, 15) is 0 Å². The highest BCUT2D eigenvalue weighted by atomic mass is 16.5. The van der Waals surface area contributed by atoms with Crippen LogP contribution in [0.4, 0.5) is 0 Å². The second kappa shape index (κ2) is 11.8. The van der Waals surface area contributed by atoms with E-state index in [4.69, 9.17) is 14.2 Å². The molecule has 0 aliphatic carbocycles. The number of guanidine groups is 1. The molecule has 1 atom stereocenters. The molecule has 2 rings (SSSR count). The molecule has 6 nitrogen and oxygen atoms in total. The van der Waals surface area contributed by atoms with E-state index in [1.54, 1.807) is 14.2 Å². The van der Waals surface area contributed by atoms with E-state index in [0.717, 1.165) is 58.3 Å². The maximum Gasteiger partial charge on any atom is 0.191 e. The van der Waals surface area contributed by atoms with Crippen LogP contribution in [0.15, 0.2) is 29.3 Å². The SMILES string of the molecule is CN=C(NCCCOCC1CCOC1)NCc1ccc(COC)cc1. The van der Waals surface area contributed by atoms with Crippen molar-refractivity contribution in [3.05, 3.63) is 35.4 Å². The van der Waals surface area contributed by atoms with Crippen molar-refractivity contribution in [3.63, 3.8) is 0 Å². The number of nitrogens with zero attached hydrogens (tertiary/aromatic N) is 1. The predicted molar refractivity (Wildman–Crippen MR) is 99.7 cm³/mol. The Bertz CT molecular complexity index is 499. The quantitative estimate of drug-likeness (QED) is 0.384. The minimum atomic E-state index is 0.581. The Balaban J connectivity index is 1.55. The number of methoxy groups -OCH3 is 1. The van der Waals surface area contributed by atoms with Gasteiger partial charge < -0.3 is 24.8 Å². The minimum absolute atomic E-state index is 0.581. The molecule has 1 unspecified atom stereocenters. The Morgan fingerprint density at radius 2 is 2.04 bits per heavy atom. The maximum absolute atomic E-state index is 5.70. The van der Waals surface area contributed by atoms with Crippen LogP contribution >= 0.6 is 0 Å². The normalized spacial score (nSPS) is 17.7. The van der Waals surface area contributed by atoms with Gasteiger partial charge in [0.05, 0.1) is 19.8 Å². The Kier molecular flexibility index (Phi) is 9.33. The van der Waals surface area contributed by atoms with Gasteiger partial charge in [0.15, 0.2) is 5.96 Å². The molecule has 0 bridgehead atoms. The van der Waals surface area contributed by atoms with Gasteiger partial charge in [-0.2, -0.15) is 0 Å². The van der Waals surface area contributed by atoms with Crippen molar-refractivity contribution in [3.8, 4) is 0 Å². The highest BCUT2D eigenvalue weighted by molar-refractivity contribution is 5.79. The van der Waals surface area contributed by atoms with Crippen molar-refractivity contribution in [2.24, 2.45) is 10.9 Å². The molecule has 1 aromatic carbocycles. The van der Waals surface area contributed by atoms with Gasteiger partial charge in [-0.05, 0) is 24.0 Å². The third-order valence-electron chi connectivity index (χ3n) is 4.15. The summed E-state index contributed by atoms with van der Waals surface area (Å²) in [7, 11) is 3.49. The molecule has 1 fully saturated rings. The van der Waals surface area contributed by atoms with Crippen molar-refractivity contribution in [1.82, 2.24) is 10.6 Å². The fourth-order valence-corrected chi connectivity index (χ4v) is 2.67. The van der Waals surface area contributed by atoms with Crippen LogP contribution < -0.4 is 10.6 Å². The van der Waals surface area contributed by atoms with E-state index in [-0.39, 0.29) is 0 Å². The number of hydrogen-bond donors (Lipinski definition) is 2. The van der Waals surface area contributed by atoms with E-state index in [2.05, 4.69) is 39.9 Å². The zero-order valence-corrected chi connectivity index (χ0v) is 15.4. The fourth-order valence-electron chi connectivity index (χ4n) is 2.67. The summed E-state index contributed by atoms with van der Waals surface area (Å²) >= 11 is 0. The molecule has 140 valence electrons. The molecule has 0 spiro atoms. The summed E-state index contributed by atoms with van der Waals surface area (Å²) in [6, 6.07) is 8.39. The molecule has 25 heavy (non-hydrogen) atoms. The molecule has 1 aliphatic rings. The first-order valence-corrected chi connectivity index (χ1v) is 8.98. The molecule has 0 radical (unpaired) electrons. The average molecular weight is 349 g/mol. The predicted octanol–water partition coefficient (Wildman–Crippen LogP) is 1.94. The lowest BCUT2D eigenvalue weighted by molar-refractivity contribution is 0.0888. The third-order valence-corrected chi connectivity index (χ3v) is 4.15. The number of ether oxygens (including phenoxy) is 3. The molecular formula is C19H31N3O3. The van der Waals surface area contributed by atoms with Crippen LogP contribution in [0, 0.1) is 5.92 Å². The van der Waals surface area contributed by atoms with Gasteiger partial charge in [-0.3, -0.25) is 4.99 Å². The van der Waals surface area contributed by atoms with Crippen LogP contribution in [-0.2, 0) is 27.4 Å². The second-order valence-electron chi connectivity index (χ2n) is 6.26. The number of nitrogens with one attached hydrogen (secondary N) is 2. The van der Waals surface area contributed by atoms with Gasteiger partial charge in [-0.1, -0.05) is 24.3 Å². The van der Waals surface area contributed by atoms with Gasteiger partial charge in [-0.15, -0.1) is 0 Å². The molecule has 1 heterocycles. The van der Waals surface area contributed by atoms with Gasteiger partial charge in [0.25, 0.3) is 0 Å². The molecule has 1 aromatic rings. The van der Waals surface area contributed by atoms with E-state index in [1.807, 2.05) is 0 Å². The highest BCUT2D eigenvalue weighted by Crippen LogP contribution is 2.12. The van der Waals surface area contributed by atoms with E-state index in [0.29, 0.717) is 12.5 Å². The molecular weight excluding hydrogens is 318 g/mol. The average Bonchev–Trinajstić information content (AvgIpc) is 3.15. The molecule has 0 saturated carbocycles. The summed E-state index contributed by atoms with van der Waals surface area (Å²) < 4.78 is 16.2. The Hall–Kier alpha value is -1.63. The number of hydrogen-bond acceptors (Lipinski definition) is 4. The van der Waals surface area contributed by atoms with Crippen LogP contribution in [0.1, 0.15) is 24.0 Å². The topological polar surface area (TPSA) is 64.1 Å². The maximum atomic E-state index is 5.70. The largest absolute Gasteiger partial charge is 0.381 e. The Morgan fingerprint density at radius 1 is 1.24 bits per heavy atom. The number of aliphatic imine (C=N–C) groups is 1. The van der Waals surface area contributed by atoms with Gasteiger partial charge in [0.1, 0.15) is 0 Å². The standard InChI is InChI=1S/C19H31N3O3/c1-20-19(21-9-3-10-24-14-18-8-11-25-15-18)22-12-16-4-6-17(7-5-16)13-23-2/h4-7,18H,3,8-15H2,1-2H3,(H2,20,21,22). The Morgan fingerprint density at radius 3 is 2.72 bits per heavy atom. The molecule has 1 aliphatic heterocycles. The first-order valence-electron chi connectivity index (χ1n) is 8.98. The summed E-state index contributed by atoms with van der Waals surface area (Å²) in [6.45, 7) is 5.53. The molecule has 1 saturated heterocycles. The van der Waals surface area contributed by atoms with Crippen LogP contribution in [0.3, 0.4) is 0 Å². The number of rotatable bonds is 10. The van der Waals surface area contributed by atoms with Crippen molar-refractivity contribution in [2.45, 2.75) is 26.0 Å². The van der Waals surface area contributed by atoms with Crippen LogP contribution in [0.2, 0.25) is 0 Å². The molecule has 0 aromatic heterocycles. The van der Waals surface area contributed by atoms with Crippen LogP contribution in [-0.4, -0.2) is 53.1 Å². The highest BCUT2D eigenvalue weighted by Gasteiger charge is 2.15. The zero-order chi connectivity index (χ0) is 17.7. The van der Waals surface area contributed by atoms with Crippen molar-refractivity contribution < 1.29 is 14.2 Å². The van der Waals surface area contributed by atoms with Gasteiger partial charge in [-0.25, -0.2) is 0 Å². The smallest absolute Gasteiger partial charge is 0.191 e. The summed E-state index contributed by atoms with van der Waals surface area (Å²) in [5.41, 5.74) is 2.39. The van der Waals surface area contributed by atoms with Crippen molar-refractivity contribution >= 4 is 5.96 Å². The lowest BCUT2D eigenvalue weighted by Gasteiger charge is -2.13. The monoisotopic (exact) mass is 349 g/mol. The molecule has 0 amide bonds. The Labute approximate surface area is 151 Å². The van der Waals surface area contributed by atoms with E-state index in [1.165, 1.54) is 11.1 Å². The third kappa shape index (κ3) is 7.86. The lowest BCUT2D eigenvalue weighted by atomic mass is 10.1. The summed E-state index contributed by atoms with van der Waals surface area (Å²) in [5.74, 6) is 1.39. The van der Waals surface area contributed by atoms with Gasteiger partial charge in [0.2, 0.25) is 0 Å². The summed E-state index contributed by atoms with van der Waals surface area (Å²) in [5, 5.41) is 6.64. The van der Waals surface area contributed by atoms with Crippen molar-refractivity contribution in [1.29, 1.82) is 0 Å². The van der Waals surface area contributed by atoms with E-state index >= 15 is 0 Å². The summed E-state index contributed by atoms with van der Waals surface area (Å²) in [6.07, 6.45) is 2.08. The first kappa shape index (κ1) is 19.7. The van der Waals surface area contributed by atoms with E-state index < -0.39 is 0 Å². The molecule has 6 heteroatoms. The van der Waals surface area contributed by atoms with Gasteiger partial charge in [0, 0.05) is 46.4 Å². The lowest BCUT2D eigenvalue weighted by Crippen LogP contribution is -2.37. The zero-order valence-electron chi connectivity index (χ0n) is 15.4. The fraction of sp³-hybridized carbons (Fsp3) is 0.632. The minimum Gasteiger partial charge on any atom is -0.381 e.